The maximum Gasteiger partial charge on any atom is 0.0645 e. The highest BCUT2D eigenvalue weighted by molar-refractivity contribution is 6.33. The predicted molar refractivity (Wildman–Crippen MR) is 79.9 cm³/mol. The molecule has 2 rings (SSSR count). The van der Waals surface area contributed by atoms with E-state index in [2.05, 4.69) is 18.7 Å². The van der Waals surface area contributed by atoms with Crippen molar-refractivity contribution in [1.82, 2.24) is 4.90 Å². The third kappa shape index (κ3) is 3.23. The van der Waals surface area contributed by atoms with Crippen LogP contribution in [-0.4, -0.2) is 36.7 Å². The first kappa shape index (κ1) is 15.1. The molecule has 1 aromatic rings. The summed E-state index contributed by atoms with van der Waals surface area (Å²) in [5.41, 5.74) is 6.92. The van der Waals surface area contributed by atoms with E-state index >= 15 is 0 Å². The van der Waals surface area contributed by atoms with E-state index in [4.69, 9.17) is 33.7 Å². The van der Waals surface area contributed by atoms with Crippen molar-refractivity contribution in [2.45, 2.75) is 25.4 Å². The molecule has 3 nitrogen and oxygen atoms in total. The number of rotatable bonds is 3. The van der Waals surface area contributed by atoms with Crippen molar-refractivity contribution in [3.63, 3.8) is 0 Å². The topological polar surface area (TPSA) is 38.5 Å². The molecule has 106 valence electrons. The zero-order valence-corrected chi connectivity index (χ0v) is 12.8. The summed E-state index contributed by atoms with van der Waals surface area (Å²) in [6.07, 6.45) is 0. The summed E-state index contributed by atoms with van der Waals surface area (Å²) in [4.78, 5) is 2.36. The Morgan fingerprint density at radius 2 is 2.16 bits per heavy atom. The van der Waals surface area contributed by atoms with Crippen LogP contribution in [0.25, 0.3) is 0 Å². The average molecular weight is 303 g/mol. The molecule has 0 radical (unpaired) electrons. The molecule has 0 aromatic heterocycles. The summed E-state index contributed by atoms with van der Waals surface area (Å²) in [5.74, 6) is 0. The fourth-order valence-corrected chi connectivity index (χ4v) is 3.06. The minimum atomic E-state index is -0.0616. The van der Waals surface area contributed by atoms with E-state index in [9.17, 15) is 0 Å². The monoisotopic (exact) mass is 302 g/mol. The first-order valence-electron chi connectivity index (χ1n) is 6.45. The van der Waals surface area contributed by atoms with Crippen LogP contribution < -0.4 is 5.73 Å². The van der Waals surface area contributed by atoms with E-state index in [1.807, 2.05) is 12.1 Å². The minimum absolute atomic E-state index is 0.0603. The molecular weight excluding hydrogens is 283 g/mol. The van der Waals surface area contributed by atoms with E-state index in [1.54, 1.807) is 6.07 Å². The molecule has 0 saturated carbocycles. The van der Waals surface area contributed by atoms with Gasteiger partial charge in [-0.05, 0) is 37.6 Å². The molecule has 1 aliphatic rings. The molecule has 0 amide bonds. The van der Waals surface area contributed by atoms with Crippen molar-refractivity contribution in [2.24, 2.45) is 5.73 Å². The van der Waals surface area contributed by atoms with Crippen molar-refractivity contribution in [1.29, 1.82) is 0 Å². The van der Waals surface area contributed by atoms with Gasteiger partial charge in [-0.15, -0.1) is 0 Å². The number of hydrogen-bond acceptors (Lipinski definition) is 3. The van der Waals surface area contributed by atoms with E-state index in [0.717, 1.165) is 18.7 Å². The molecule has 1 aliphatic heterocycles. The molecular formula is C14H20Cl2N2O. The molecule has 1 heterocycles. The number of ether oxygens (including phenoxy) is 1. The minimum Gasteiger partial charge on any atom is -0.378 e. The Balaban J connectivity index is 2.35. The molecule has 0 spiro atoms. The molecule has 0 aliphatic carbocycles. The van der Waals surface area contributed by atoms with Gasteiger partial charge in [0.25, 0.3) is 0 Å². The van der Waals surface area contributed by atoms with Crippen LogP contribution in [0, 0.1) is 0 Å². The lowest BCUT2D eigenvalue weighted by Gasteiger charge is -2.46. The molecule has 1 unspecified atom stereocenters. The number of benzene rings is 1. The van der Waals surface area contributed by atoms with Gasteiger partial charge in [0, 0.05) is 34.7 Å². The Bertz CT molecular complexity index is 451. The molecule has 5 heteroatoms. The molecule has 1 saturated heterocycles. The molecule has 1 atom stereocenters. The zero-order chi connectivity index (χ0) is 14.0. The van der Waals surface area contributed by atoms with Crippen molar-refractivity contribution in [3.05, 3.63) is 33.8 Å². The van der Waals surface area contributed by atoms with Crippen LogP contribution in [-0.2, 0) is 4.74 Å². The molecule has 1 fully saturated rings. The maximum absolute atomic E-state index is 6.31. The molecule has 19 heavy (non-hydrogen) atoms. The van der Waals surface area contributed by atoms with Crippen LogP contribution in [0.3, 0.4) is 0 Å². The summed E-state index contributed by atoms with van der Waals surface area (Å²) < 4.78 is 5.56. The molecule has 2 N–H and O–H groups in total. The highest BCUT2D eigenvalue weighted by Crippen LogP contribution is 2.34. The second-order valence-electron chi connectivity index (χ2n) is 5.48. The van der Waals surface area contributed by atoms with Crippen LogP contribution in [0.5, 0.6) is 0 Å². The van der Waals surface area contributed by atoms with Crippen LogP contribution in [0.1, 0.15) is 25.5 Å². The van der Waals surface area contributed by atoms with E-state index in [1.165, 1.54) is 0 Å². The summed E-state index contributed by atoms with van der Waals surface area (Å²) in [5, 5.41) is 1.39. The van der Waals surface area contributed by atoms with Gasteiger partial charge in [-0.1, -0.05) is 23.2 Å². The summed E-state index contributed by atoms with van der Waals surface area (Å²) in [6, 6.07) is 5.60. The number of nitrogens with zero attached hydrogens (tertiary/aromatic N) is 1. The Hall–Kier alpha value is -0.320. The third-order valence-corrected chi connectivity index (χ3v) is 4.21. The Labute approximate surface area is 124 Å². The average Bonchev–Trinajstić information content (AvgIpc) is 2.36. The Morgan fingerprint density at radius 3 is 2.79 bits per heavy atom. The normalized spacial score (nSPS) is 21.3. The van der Waals surface area contributed by atoms with Crippen LogP contribution in [0.4, 0.5) is 0 Å². The van der Waals surface area contributed by atoms with Gasteiger partial charge in [-0.3, -0.25) is 4.90 Å². The first-order chi connectivity index (χ1) is 8.95. The van der Waals surface area contributed by atoms with Crippen LogP contribution in [0.2, 0.25) is 10.0 Å². The van der Waals surface area contributed by atoms with E-state index in [-0.39, 0.29) is 11.6 Å². The maximum atomic E-state index is 6.31. The largest absolute Gasteiger partial charge is 0.378 e. The summed E-state index contributed by atoms with van der Waals surface area (Å²) in [7, 11) is 0. The summed E-state index contributed by atoms with van der Waals surface area (Å²) >= 11 is 12.4. The summed E-state index contributed by atoms with van der Waals surface area (Å²) in [6.45, 7) is 7.08. The Morgan fingerprint density at radius 1 is 1.42 bits per heavy atom. The zero-order valence-electron chi connectivity index (χ0n) is 11.3. The number of halogens is 2. The number of morpholine rings is 1. The van der Waals surface area contributed by atoms with Gasteiger partial charge in [0.15, 0.2) is 0 Å². The van der Waals surface area contributed by atoms with Gasteiger partial charge in [0.05, 0.1) is 13.2 Å². The second kappa shape index (κ2) is 5.98. The fraction of sp³-hybridized carbons (Fsp3) is 0.571. The van der Waals surface area contributed by atoms with Crippen molar-refractivity contribution in [2.75, 3.05) is 26.3 Å². The van der Waals surface area contributed by atoms with Gasteiger partial charge in [0.1, 0.15) is 0 Å². The highest BCUT2D eigenvalue weighted by Gasteiger charge is 2.36. The lowest BCUT2D eigenvalue weighted by atomic mass is 9.95. The fourth-order valence-electron chi connectivity index (χ4n) is 2.64. The highest BCUT2D eigenvalue weighted by atomic mass is 35.5. The number of nitrogens with two attached hydrogens (primary N) is 1. The molecule has 0 bridgehead atoms. The Kier molecular flexibility index (Phi) is 4.75. The second-order valence-corrected chi connectivity index (χ2v) is 6.32. The number of hydrogen-bond donors (Lipinski definition) is 1. The first-order valence-corrected chi connectivity index (χ1v) is 7.21. The van der Waals surface area contributed by atoms with Crippen molar-refractivity contribution in [3.8, 4) is 0 Å². The standard InChI is InChI=1S/C14H20Cl2N2O/c1-14(2)9-19-6-5-18(14)13(8-17)11-7-10(15)3-4-12(11)16/h3-4,7,13H,5-6,8-9,17H2,1-2H3. The van der Waals surface area contributed by atoms with Gasteiger partial charge in [0.2, 0.25) is 0 Å². The predicted octanol–water partition coefficient (Wildman–Crippen LogP) is 3.10. The molecule has 1 aromatic carbocycles. The van der Waals surface area contributed by atoms with E-state index in [0.29, 0.717) is 23.2 Å². The van der Waals surface area contributed by atoms with Crippen molar-refractivity contribution < 1.29 is 4.74 Å². The SMILES string of the molecule is CC1(C)COCCN1C(CN)c1cc(Cl)ccc1Cl. The van der Waals surface area contributed by atoms with Gasteiger partial charge in [-0.25, -0.2) is 0 Å². The van der Waals surface area contributed by atoms with Gasteiger partial charge in [-0.2, -0.15) is 0 Å². The smallest absolute Gasteiger partial charge is 0.0645 e. The van der Waals surface area contributed by atoms with E-state index < -0.39 is 0 Å². The lowest BCUT2D eigenvalue weighted by Crippen LogP contribution is -2.55. The van der Waals surface area contributed by atoms with Gasteiger partial charge >= 0.3 is 0 Å². The third-order valence-electron chi connectivity index (χ3n) is 3.63. The van der Waals surface area contributed by atoms with Crippen LogP contribution in [0.15, 0.2) is 18.2 Å². The van der Waals surface area contributed by atoms with Crippen molar-refractivity contribution >= 4 is 23.2 Å². The quantitative estimate of drug-likeness (QED) is 0.932. The lowest BCUT2D eigenvalue weighted by molar-refractivity contribution is -0.0712. The van der Waals surface area contributed by atoms with Crippen LogP contribution >= 0.6 is 23.2 Å². The van der Waals surface area contributed by atoms with Gasteiger partial charge < -0.3 is 10.5 Å².